The SMILES string of the molecule is CCCCNC(=O)OCC1(CO)CCSc2ccccc2C1=O. The first kappa shape index (κ1) is 17.8. The van der Waals surface area contributed by atoms with Gasteiger partial charge in [-0.05, 0) is 24.7 Å². The van der Waals surface area contributed by atoms with Crippen molar-refractivity contribution in [2.24, 2.45) is 5.41 Å². The number of Topliss-reactive ketones (excluding diaryl/α,β-unsaturated/α-hetero) is 1. The Hall–Kier alpha value is -1.53. The number of hydrogen-bond acceptors (Lipinski definition) is 5. The minimum Gasteiger partial charge on any atom is -0.448 e. The first-order valence-corrected chi connectivity index (χ1v) is 8.89. The quantitative estimate of drug-likeness (QED) is 0.781. The molecule has 0 aliphatic carbocycles. The first-order valence-electron chi connectivity index (χ1n) is 7.91. The van der Waals surface area contributed by atoms with E-state index in [4.69, 9.17) is 4.74 Å². The lowest BCUT2D eigenvalue weighted by Gasteiger charge is -2.28. The molecule has 1 aliphatic rings. The molecule has 1 atom stereocenters. The first-order chi connectivity index (χ1) is 11.1. The van der Waals surface area contributed by atoms with E-state index in [-0.39, 0.29) is 19.0 Å². The molecular weight excluding hydrogens is 314 g/mol. The van der Waals surface area contributed by atoms with Gasteiger partial charge in [-0.15, -0.1) is 11.8 Å². The maximum Gasteiger partial charge on any atom is 0.407 e. The summed E-state index contributed by atoms with van der Waals surface area (Å²) in [6.45, 7) is 2.15. The van der Waals surface area contributed by atoms with Gasteiger partial charge in [-0.2, -0.15) is 0 Å². The van der Waals surface area contributed by atoms with Crippen molar-refractivity contribution >= 4 is 23.6 Å². The summed E-state index contributed by atoms with van der Waals surface area (Å²) in [5.41, 5.74) is -0.458. The minimum atomic E-state index is -1.05. The van der Waals surface area contributed by atoms with Crippen LogP contribution in [-0.4, -0.2) is 42.5 Å². The van der Waals surface area contributed by atoms with Crippen LogP contribution in [0, 0.1) is 5.41 Å². The molecule has 1 heterocycles. The number of ether oxygens (including phenoxy) is 1. The number of nitrogens with one attached hydrogen (secondary N) is 1. The lowest BCUT2D eigenvalue weighted by atomic mass is 9.79. The molecule has 2 rings (SSSR count). The molecule has 0 spiro atoms. The van der Waals surface area contributed by atoms with Crippen LogP contribution in [0.5, 0.6) is 0 Å². The van der Waals surface area contributed by atoms with E-state index in [0.717, 1.165) is 17.7 Å². The summed E-state index contributed by atoms with van der Waals surface area (Å²) < 4.78 is 5.22. The zero-order chi connectivity index (χ0) is 16.7. The van der Waals surface area contributed by atoms with Crippen LogP contribution < -0.4 is 5.32 Å². The van der Waals surface area contributed by atoms with E-state index in [1.165, 1.54) is 0 Å². The zero-order valence-corrected chi connectivity index (χ0v) is 14.2. The van der Waals surface area contributed by atoms with Crippen LogP contribution in [0.25, 0.3) is 0 Å². The molecule has 1 unspecified atom stereocenters. The van der Waals surface area contributed by atoms with Crippen LogP contribution in [0.2, 0.25) is 0 Å². The third kappa shape index (κ3) is 4.26. The van der Waals surface area contributed by atoms with Gasteiger partial charge in [0.25, 0.3) is 0 Å². The van der Waals surface area contributed by atoms with Crippen molar-refractivity contribution in [1.29, 1.82) is 0 Å². The monoisotopic (exact) mass is 337 g/mol. The molecule has 5 nitrogen and oxygen atoms in total. The van der Waals surface area contributed by atoms with Gasteiger partial charge < -0.3 is 15.2 Å². The molecule has 1 aliphatic heterocycles. The molecule has 0 saturated heterocycles. The maximum atomic E-state index is 12.9. The summed E-state index contributed by atoms with van der Waals surface area (Å²) >= 11 is 1.59. The largest absolute Gasteiger partial charge is 0.448 e. The second-order valence-corrected chi connectivity index (χ2v) is 6.86. The average molecular weight is 337 g/mol. The second-order valence-electron chi connectivity index (χ2n) is 5.72. The van der Waals surface area contributed by atoms with E-state index < -0.39 is 11.5 Å². The number of aliphatic hydroxyl groups excluding tert-OH is 1. The van der Waals surface area contributed by atoms with Crippen LogP contribution in [0.3, 0.4) is 0 Å². The number of aliphatic hydroxyl groups is 1. The molecule has 2 N–H and O–H groups in total. The number of amides is 1. The Bertz CT molecular complexity index is 563. The number of carbonyl (C=O) groups is 2. The highest BCUT2D eigenvalue weighted by Crippen LogP contribution is 2.38. The lowest BCUT2D eigenvalue weighted by molar-refractivity contribution is 0.0317. The van der Waals surface area contributed by atoms with Gasteiger partial charge in [-0.3, -0.25) is 4.79 Å². The van der Waals surface area contributed by atoms with Gasteiger partial charge in [0.2, 0.25) is 0 Å². The molecule has 0 fully saturated rings. The van der Waals surface area contributed by atoms with Gasteiger partial charge in [-0.1, -0.05) is 31.5 Å². The minimum absolute atomic E-state index is 0.102. The normalized spacial score (nSPS) is 20.5. The summed E-state index contributed by atoms with van der Waals surface area (Å²) in [5, 5.41) is 12.5. The maximum absolute atomic E-state index is 12.9. The second kappa shape index (κ2) is 8.36. The highest BCUT2D eigenvalue weighted by Gasteiger charge is 2.42. The van der Waals surface area contributed by atoms with Gasteiger partial charge in [0.15, 0.2) is 5.78 Å². The molecular formula is C17H23NO4S. The fraction of sp³-hybridized carbons (Fsp3) is 0.529. The number of fused-ring (bicyclic) bond motifs is 1. The number of benzene rings is 1. The number of ketones is 1. The van der Waals surface area contributed by atoms with Gasteiger partial charge in [0.1, 0.15) is 6.61 Å². The van der Waals surface area contributed by atoms with Crippen molar-refractivity contribution < 1.29 is 19.4 Å². The summed E-state index contributed by atoms with van der Waals surface area (Å²) in [6.07, 6.45) is 1.80. The highest BCUT2D eigenvalue weighted by atomic mass is 32.2. The molecule has 1 aromatic carbocycles. The molecule has 23 heavy (non-hydrogen) atoms. The number of alkyl carbamates (subject to hydrolysis) is 1. The van der Waals surface area contributed by atoms with E-state index in [1.54, 1.807) is 17.8 Å². The molecule has 1 amide bonds. The third-order valence-corrected chi connectivity index (χ3v) is 5.11. The fourth-order valence-electron chi connectivity index (χ4n) is 2.49. The molecule has 1 aromatic rings. The number of thioether (sulfide) groups is 1. The van der Waals surface area contributed by atoms with E-state index in [9.17, 15) is 14.7 Å². The topological polar surface area (TPSA) is 75.6 Å². The number of unbranched alkanes of at least 4 members (excludes halogenated alkanes) is 1. The van der Waals surface area contributed by atoms with Crippen molar-refractivity contribution in [2.45, 2.75) is 31.1 Å². The number of carbonyl (C=O) groups excluding carboxylic acids is 2. The van der Waals surface area contributed by atoms with Gasteiger partial charge in [-0.25, -0.2) is 4.79 Å². The van der Waals surface area contributed by atoms with Crippen molar-refractivity contribution in [1.82, 2.24) is 5.32 Å². The average Bonchev–Trinajstić information content (AvgIpc) is 2.71. The van der Waals surface area contributed by atoms with E-state index in [0.29, 0.717) is 24.3 Å². The zero-order valence-electron chi connectivity index (χ0n) is 13.3. The highest BCUT2D eigenvalue weighted by molar-refractivity contribution is 7.99. The molecule has 0 aromatic heterocycles. The van der Waals surface area contributed by atoms with Crippen LogP contribution >= 0.6 is 11.8 Å². The smallest absolute Gasteiger partial charge is 0.407 e. The van der Waals surface area contributed by atoms with Gasteiger partial charge in [0, 0.05) is 17.0 Å². The Kier molecular flexibility index (Phi) is 6.47. The number of hydrogen-bond donors (Lipinski definition) is 2. The number of rotatable bonds is 6. The van der Waals surface area contributed by atoms with Gasteiger partial charge in [0.05, 0.1) is 12.0 Å². The third-order valence-electron chi connectivity index (χ3n) is 4.03. The van der Waals surface area contributed by atoms with Crippen molar-refractivity contribution in [3.05, 3.63) is 29.8 Å². The predicted molar refractivity (Wildman–Crippen MR) is 89.9 cm³/mol. The summed E-state index contributed by atoms with van der Waals surface area (Å²) in [6, 6.07) is 7.37. The summed E-state index contributed by atoms with van der Waals surface area (Å²) in [5.74, 6) is 0.548. The lowest BCUT2D eigenvalue weighted by Crippen LogP contribution is -2.41. The Morgan fingerprint density at radius 3 is 2.96 bits per heavy atom. The van der Waals surface area contributed by atoms with Crippen molar-refractivity contribution in [2.75, 3.05) is 25.5 Å². The van der Waals surface area contributed by atoms with E-state index >= 15 is 0 Å². The molecule has 6 heteroatoms. The Morgan fingerprint density at radius 1 is 1.43 bits per heavy atom. The standard InChI is InChI=1S/C17H23NO4S/c1-2-3-9-18-16(21)22-12-17(11-19)8-10-23-14-7-5-4-6-13(14)15(17)20/h4-7,19H,2-3,8-12H2,1H3,(H,18,21). The molecule has 126 valence electrons. The van der Waals surface area contributed by atoms with E-state index in [2.05, 4.69) is 5.32 Å². The van der Waals surface area contributed by atoms with Crippen molar-refractivity contribution in [3.63, 3.8) is 0 Å². The van der Waals surface area contributed by atoms with Crippen LogP contribution in [0.1, 0.15) is 36.5 Å². The van der Waals surface area contributed by atoms with Crippen molar-refractivity contribution in [3.8, 4) is 0 Å². The Morgan fingerprint density at radius 2 is 2.22 bits per heavy atom. The van der Waals surface area contributed by atoms with E-state index in [1.807, 2.05) is 25.1 Å². The predicted octanol–water partition coefficient (Wildman–Crippen LogP) is 2.87. The molecule has 0 bridgehead atoms. The fourth-order valence-corrected chi connectivity index (χ4v) is 3.70. The van der Waals surface area contributed by atoms with Gasteiger partial charge >= 0.3 is 6.09 Å². The molecule has 0 saturated carbocycles. The Labute approximate surface area is 140 Å². The summed E-state index contributed by atoms with van der Waals surface area (Å²) in [7, 11) is 0. The Balaban J connectivity index is 2.07. The summed E-state index contributed by atoms with van der Waals surface area (Å²) in [4.78, 5) is 25.5. The van der Waals surface area contributed by atoms with Crippen LogP contribution in [-0.2, 0) is 4.74 Å². The molecule has 0 radical (unpaired) electrons. The van der Waals surface area contributed by atoms with Crippen LogP contribution in [0.15, 0.2) is 29.2 Å². The van der Waals surface area contributed by atoms with Crippen LogP contribution in [0.4, 0.5) is 4.79 Å².